The van der Waals surface area contributed by atoms with Crippen LogP contribution in [0.15, 0.2) is 52.0 Å². The van der Waals surface area contributed by atoms with Crippen LogP contribution in [0.3, 0.4) is 0 Å². The molecule has 0 aromatic heterocycles. The summed E-state index contributed by atoms with van der Waals surface area (Å²) >= 11 is 3.42. The van der Waals surface area contributed by atoms with Crippen molar-refractivity contribution in [2.24, 2.45) is 10.5 Å². The van der Waals surface area contributed by atoms with Gasteiger partial charge in [0.2, 0.25) is 0 Å². The fourth-order valence-corrected chi connectivity index (χ4v) is 4.11. The Morgan fingerprint density at radius 2 is 1.77 bits per heavy atom. The second-order valence-corrected chi connectivity index (χ2v) is 9.98. The highest BCUT2D eigenvalue weighted by atomic mass is 79.9. The fraction of sp³-hybridized carbons (Fsp3) is 0.417. The van der Waals surface area contributed by atoms with Gasteiger partial charge >= 0.3 is 0 Å². The predicted octanol–water partition coefficient (Wildman–Crippen LogP) is 5.70. The van der Waals surface area contributed by atoms with Crippen LogP contribution in [0.2, 0.25) is 0 Å². The van der Waals surface area contributed by atoms with E-state index in [0.717, 1.165) is 22.2 Å². The third-order valence-corrected chi connectivity index (χ3v) is 5.18. The first-order chi connectivity index (χ1) is 14.0. The van der Waals surface area contributed by atoms with Gasteiger partial charge in [0.15, 0.2) is 6.61 Å². The number of carbonyl (C=O) groups excluding carboxylic acids is 1. The number of amides is 1. The number of benzene rings is 2. The van der Waals surface area contributed by atoms with Gasteiger partial charge in [-0.05, 0) is 74.6 Å². The molecule has 0 radical (unpaired) electrons. The molecular weight excluding hydrogens is 444 g/mol. The smallest absolute Gasteiger partial charge is 0.277 e. The van der Waals surface area contributed by atoms with E-state index in [0.29, 0.717) is 5.75 Å². The molecule has 0 aliphatic heterocycles. The molecule has 0 saturated carbocycles. The lowest BCUT2D eigenvalue weighted by atomic mass is 9.72. The maximum Gasteiger partial charge on any atom is 0.277 e. The minimum absolute atomic E-state index is 0.0688. The fourth-order valence-electron chi connectivity index (χ4n) is 3.55. The number of carbonyl (C=O) groups is 1. The minimum Gasteiger partial charge on any atom is -0.496 e. The molecule has 162 valence electrons. The molecule has 30 heavy (non-hydrogen) atoms. The number of halogens is 1. The van der Waals surface area contributed by atoms with Crippen LogP contribution in [-0.2, 0) is 10.2 Å². The molecule has 0 fully saturated rings. The van der Waals surface area contributed by atoms with Crippen LogP contribution >= 0.6 is 15.9 Å². The highest BCUT2D eigenvalue weighted by Gasteiger charge is 2.27. The molecule has 0 unspecified atom stereocenters. The van der Waals surface area contributed by atoms with Crippen LogP contribution in [0.5, 0.6) is 11.5 Å². The molecule has 0 aliphatic carbocycles. The van der Waals surface area contributed by atoms with Crippen molar-refractivity contribution < 1.29 is 14.3 Å². The lowest BCUT2D eigenvalue weighted by Gasteiger charge is -2.33. The van der Waals surface area contributed by atoms with Gasteiger partial charge < -0.3 is 9.47 Å². The first kappa shape index (κ1) is 23.9. The second-order valence-electron chi connectivity index (χ2n) is 9.12. The number of methoxy groups -OCH3 is 1. The Bertz CT molecular complexity index is 884. The molecule has 5 nitrogen and oxygen atoms in total. The van der Waals surface area contributed by atoms with Crippen LogP contribution in [0.4, 0.5) is 0 Å². The lowest BCUT2D eigenvalue weighted by Crippen LogP contribution is -2.25. The summed E-state index contributed by atoms with van der Waals surface area (Å²) in [5, 5.41) is 3.96. The van der Waals surface area contributed by atoms with Gasteiger partial charge in [0.25, 0.3) is 5.91 Å². The zero-order valence-corrected chi connectivity index (χ0v) is 20.2. The van der Waals surface area contributed by atoms with E-state index in [1.807, 2.05) is 30.3 Å². The lowest BCUT2D eigenvalue weighted by molar-refractivity contribution is -0.123. The van der Waals surface area contributed by atoms with Gasteiger partial charge in [0.05, 0.1) is 17.8 Å². The van der Waals surface area contributed by atoms with Crippen molar-refractivity contribution in [3.63, 3.8) is 0 Å². The first-order valence-electron chi connectivity index (χ1n) is 9.89. The number of hydrogen-bond donors (Lipinski definition) is 1. The average Bonchev–Trinajstić information content (AvgIpc) is 2.65. The third kappa shape index (κ3) is 7.48. The number of ether oxygens (including phenoxy) is 2. The molecular formula is C24H31BrN2O3. The zero-order valence-electron chi connectivity index (χ0n) is 18.6. The molecule has 0 heterocycles. The summed E-state index contributed by atoms with van der Waals surface area (Å²) in [5.74, 6) is 1.07. The quantitative estimate of drug-likeness (QED) is 0.394. The van der Waals surface area contributed by atoms with E-state index in [9.17, 15) is 4.79 Å². The van der Waals surface area contributed by atoms with E-state index in [1.165, 1.54) is 5.56 Å². The van der Waals surface area contributed by atoms with Gasteiger partial charge in [-0.1, -0.05) is 46.8 Å². The van der Waals surface area contributed by atoms with Crippen LogP contribution in [0.25, 0.3) is 0 Å². The molecule has 1 amide bonds. The summed E-state index contributed by atoms with van der Waals surface area (Å²) in [6, 6.07) is 13.5. The molecule has 0 bridgehead atoms. The summed E-state index contributed by atoms with van der Waals surface area (Å²) in [6.07, 6.45) is 2.64. The monoisotopic (exact) mass is 474 g/mol. The molecule has 0 spiro atoms. The molecule has 2 aromatic rings. The first-order valence-corrected chi connectivity index (χ1v) is 10.7. The number of hydrazone groups is 1. The van der Waals surface area contributed by atoms with Gasteiger partial charge in [-0.2, -0.15) is 5.10 Å². The normalized spacial score (nSPS) is 12.1. The third-order valence-electron chi connectivity index (χ3n) is 4.56. The van der Waals surface area contributed by atoms with E-state index in [1.54, 1.807) is 13.3 Å². The summed E-state index contributed by atoms with van der Waals surface area (Å²) < 4.78 is 11.6. The predicted molar refractivity (Wildman–Crippen MR) is 125 cm³/mol. The highest BCUT2D eigenvalue weighted by Crippen LogP contribution is 2.36. The SMILES string of the molecule is COc1ccc(C=NNC(=O)COc2ccc(C(C)(C)CC(C)(C)C)cc2)cc1Br. The molecule has 0 aliphatic rings. The van der Waals surface area contributed by atoms with E-state index in [-0.39, 0.29) is 23.3 Å². The summed E-state index contributed by atoms with van der Waals surface area (Å²) in [5.41, 5.74) is 4.87. The average molecular weight is 475 g/mol. The van der Waals surface area contributed by atoms with Crippen molar-refractivity contribution >= 4 is 28.1 Å². The maximum atomic E-state index is 12.0. The van der Waals surface area contributed by atoms with Crippen molar-refractivity contribution in [3.8, 4) is 11.5 Å². The minimum atomic E-state index is -0.323. The van der Waals surface area contributed by atoms with E-state index in [4.69, 9.17) is 9.47 Å². The van der Waals surface area contributed by atoms with Crippen molar-refractivity contribution in [3.05, 3.63) is 58.1 Å². The zero-order chi connectivity index (χ0) is 22.4. The molecule has 0 atom stereocenters. The Kier molecular flexibility index (Phi) is 8.07. The van der Waals surface area contributed by atoms with Gasteiger partial charge in [0, 0.05) is 0 Å². The Morgan fingerprint density at radius 3 is 2.33 bits per heavy atom. The van der Waals surface area contributed by atoms with Gasteiger partial charge in [-0.15, -0.1) is 0 Å². The summed E-state index contributed by atoms with van der Waals surface area (Å²) in [7, 11) is 1.61. The van der Waals surface area contributed by atoms with Gasteiger partial charge in [-0.3, -0.25) is 4.79 Å². The van der Waals surface area contributed by atoms with Crippen LogP contribution < -0.4 is 14.9 Å². The van der Waals surface area contributed by atoms with Crippen LogP contribution in [0.1, 0.15) is 52.2 Å². The number of nitrogens with one attached hydrogen (secondary N) is 1. The Labute approximate surface area is 188 Å². The number of nitrogens with zero attached hydrogens (tertiary/aromatic N) is 1. The van der Waals surface area contributed by atoms with E-state index in [2.05, 4.69) is 73.2 Å². The van der Waals surface area contributed by atoms with Crippen LogP contribution in [0, 0.1) is 5.41 Å². The molecule has 1 N–H and O–H groups in total. The number of rotatable bonds is 8. The van der Waals surface area contributed by atoms with Gasteiger partial charge in [0.1, 0.15) is 11.5 Å². The largest absolute Gasteiger partial charge is 0.496 e. The Morgan fingerprint density at radius 1 is 1.10 bits per heavy atom. The standard InChI is InChI=1S/C24H31BrN2O3/c1-23(2,3)16-24(4,5)18-8-10-19(11-9-18)30-15-22(28)27-26-14-17-7-12-21(29-6)20(25)13-17/h7-14H,15-16H2,1-6H3,(H,27,28). The molecule has 0 saturated heterocycles. The van der Waals surface area contributed by atoms with Gasteiger partial charge in [-0.25, -0.2) is 5.43 Å². The summed E-state index contributed by atoms with van der Waals surface area (Å²) in [4.78, 5) is 12.0. The van der Waals surface area contributed by atoms with E-state index < -0.39 is 0 Å². The molecule has 2 rings (SSSR count). The second kappa shape index (κ2) is 10.1. The molecule has 6 heteroatoms. The Hall–Kier alpha value is -2.34. The molecule has 2 aromatic carbocycles. The van der Waals surface area contributed by atoms with Crippen molar-refractivity contribution in [2.45, 2.75) is 46.5 Å². The van der Waals surface area contributed by atoms with Crippen LogP contribution in [-0.4, -0.2) is 25.8 Å². The topological polar surface area (TPSA) is 59.9 Å². The Balaban J connectivity index is 1.85. The van der Waals surface area contributed by atoms with E-state index >= 15 is 0 Å². The highest BCUT2D eigenvalue weighted by molar-refractivity contribution is 9.10. The summed E-state index contributed by atoms with van der Waals surface area (Å²) in [6.45, 7) is 11.2. The van der Waals surface area contributed by atoms with Crippen molar-refractivity contribution in [1.82, 2.24) is 5.43 Å². The maximum absolute atomic E-state index is 12.0. The van der Waals surface area contributed by atoms with Crippen molar-refractivity contribution in [2.75, 3.05) is 13.7 Å². The van der Waals surface area contributed by atoms with Crippen molar-refractivity contribution in [1.29, 1.82) is 0 Å². The number of hydrogen-bond acceptors (Lipinski definition) is 4.